The number of esters is 2. The zero-order valence-corrected chi connectivity index (χ0v) is 13.7. The maximum atomic E-state index is 11.8. The summed E-state index contributed by atoms with van der Waals surface area (Å²) in [5.74, 6) is -0.907. The molecule has 0 aliphatic heterocycles. The number of ether oxygens (including phenoxy) is 2. The van der Waals surface area contributed by atoms with Gasteiger partial charge in [0.25, 0.3) is 0 Å². The second-order valence-electron chi connectivity index (χ2n) is 5.58. The molecular weight excluding hydrogens is 282 g/mol. The molecule has 1 aromatic carbocycles. The summed E-state index contributed by atoms with van der Waals surface area (Å²) in [6, 6.07) is 9.66. The summed E-state index contributed by atoms with van der Waals surface area (Å²) in [6.45, 7) is 3.74. The Kier molecular flexibility index (Phi) is 7.60. The van der Waals surface area contributed by atoms with Crippen molar-refractivity contribution in [1.29, 1.82) is 0 Å². The molecule has 0 spiro atoms. The Morgan fingerprint density at radius 3 is 2.36 bits per heavy atom. The summed E-state index contributed by atoms with van der Waals surface area (Å²) in [5, 5.41) is 0. The second-order valence-corrected chi connectivity index (χ2v) is 5.58. The van der Waals surface area contributed by atoms with E-state index in [4.69, 9.17) is 9.47 Å². The monoisotopic (exact) mass is 307 g/mol. The van der Waals surface area contributed by atoms with E-state index in [2.05, 4.69) is 0 Å². The first-order chi connectivity index (χ1) is 10.4. The molecule has 0 N–H and O–H groups in total. The highest BCUT2D eigenvalue weighted by Crippen LogP contribution is 2.07. The van der Waals surface area contributed by atoms with Gasteiger partial charge in [-0.25, -0.2) is 4.79 Å². The molecule has 0 amide bonds. The smallest absolute Gasteiger partial charge is 0.347 e. The van der Waals surface area contributed by atoms with Crippen LogP contribution in [-0.2, 0) is 25.7 Å². The molecule has 0 radical (unpaired) electrons. The molecular formula is C17H25NO4. The van der Waals surface area contributed by atoms with Gasteiger partial charge in [0.1, 0.15) is 6.61 Å². The van der Waals surface area contributed by atoms with Crippen molar-refractivity contribution in [3.8, 4) is 0 Å². The predicted octanol–water partition coefficient (Wildman–Crippen LogP) is 2.39. The van der Waals surface area contributed by atoms with Gasteiger partial charge in [-0.3, -0.25) is 4.79 Å². The summed E-state index contributed by atoms with van der Waals surface area (Å²) >= 11 is 0. The zero-order valence-electron chi connectivity index (χ0n) is 13.7. The van der Waals surface area contributed by atoms with Gasteiger partial charge in [-0.1, -0.05) is 30.3 Å². The lowest BCUT2D eigenvalue weighted by atomic mass is 10.2. The molecule has 0 aliphatic rings. The van der Waals surface area contributed by atoms with Gasteiger partial charge < -0.3 is 14.4 Å². The average molecular weight is 307 g/mol. The minimum Gasteiger partial charge on any atom is -0.458 e. The molecule has 0 aromatic heterocycles. The van der Waals surface area contributed by atoms with E-state index in [1.54, 1.807) is 0 Å². The van der Waals surface area contributed by atoms with Gasteiger partial charge in [0.2, 0.25) is 0 Å². The maximum absolute atomic E-state index is 11.8. The molecule has 1 rings (SSSR count). The standard InChI is InChI=1S/C17H25NO4/c1-13(18(3)4)10-11-16(19)22-14(2)17(20)21-12-15-8-6-5-7-9-15/h5-9,13-14H,10-12H2,1-4H3/t13-,14+/m0/s1. The van der Waals surface area contributed by atoms with Crippen LogP contribution in [0.25, 0.3) is 0 Å². The number of hydrogen-bond donors (Lipinski definition) is 0. The number of benzene rings is 1. The third-order valence-electron chi connectivity index (χ3n) is 3.51. The molecule has 2 atom stereocenters. The van der Waals surface area contributed by atoms with E-state index in [1.165, 1.54) is 6.92 Å². The van der Waals surface area contributed by atoms with E-state index < -0.39 is 12.1 Å². The van der Waals surface area contributed by atoms with Gasteiger partial charge in [0.15, 0.2) is 6.10 Å². The van der Waals surface area contributed by atoms with Crippen molar-refractivity contribution in [1.82, 2.24) is 4.90 Å². The number of carbonyl (C=O) groups is 2. The minimum absolute atomic E-state index is 0.180. The van der Waals surface area contributed by atoms with Crippen LogP contribution in [0, 0.1) is 0 Å². The van der Waals surface area contributed by atoms with Crippen LogP contribution in [0.1, 0.15) is 32.3 Å². The van der Waals surface area contributed by atoms with Crippen molar-refractivity contribution < 1.29 is 19.1 Å². The Labute approximate surface area is 132 Å². The molecule has 0 heterocycles. The van der Waals surface area contributed by atoms with E-state index >= 15 is 0 Å². The van der Waals surface area contributed by atoms with E-state index in [0.717, 1.165) is 5.56 Å². The molecule has 5 nitrogen and oxygen atoms in total. The number of hydrogen-bond acceptors (Lipinski definition) is 5. The van der Waals surface area contributed by atoms with Crippen LogP contribution in [0.5, 0.6) is 0 Å². The molecule has 5 heteroatoms. The van der Waals surface area contributed by atoms with E-state index in [9.17, 15) is 9.59 Å². The quantitative estimate of drug-likeness (QED) is 0.690. The van der Waals surface area contributed by atoms with Crippen LogP contribution in [0.3, 0.4) is 0 Å². The molecule has 0 aliphatic carbocycles. The van der Waals surface area contributed by atoms with Crippen molar-refractivity contribution in [2.24, 2.45) is 0 Å². The minimum atomic E-state index is -0.883. The van der Waals surface area contributed by atoms with Crippen LogP contribution in [-0.4, -0.2) is 43.1 Å². The Bertz CT molecular complexity index is 473. The number of rotatable bonds is 8. The Balaban J connectivity index is 2.30. The van der Waals surface area contributed by atoms with Gasteiger partial charge in [-0.2, -0.15) is 0 Å². The van der Waals surface area contributed by atoms with Crippen molar-refractivity contribution >= 4 is 11.9 Å². The summed E-state index contributed by atoms with van der Waals surface area (Å²) in [7, 11) is 3.92. The highest BCUT2D eigenvalue weighted by atomic mass is 16.6. The van der Waals surface area contributed by atoms with E-state index in [0.29, 0.717) is 6.42 Å². The first-order valence-corrected chi connectivity index (χ1v) is 7.46. The molecule has 0 fully saturated rings. The molecule has 0 saturated heterocycles. The van der Waals surface area contributed by atoms with E-state index in [1.807, 2.05) is 56.3 Å². The van der Waals surface area contributed by atoms with E-state index in [-0.39, 0.29) is 25.0 Å². The Morgan fingerprint density at radius 2 is 1.77 bits per heavy atom. The third kappa shape index (κ3) is 6.72. The molecule has 0 unspecified atom stereocenters. The second kappa shape index (κ2) is 9.20. The summed E-state index contributed by atoms with van der Waals surface area (Å²) in [6.07, 6.45) is 0.0960. The van der Waals surface area contributed by atoms with Crippen molar-refractivity contribution in [3.63, 3.8) is 0 Å². The lowest BCUT2D eigenvalue weighted by Gasteiger charge is -2.19. The average Bonchev–Trinajstić information content (AvgIpc) is 2.50. The van der Waals surface area contributed by atoms with Crippen LogP contribution in [0.15, 0.2) is 30.3 Å². The largest absolute Gasteiger partial charge is 0.458 e. The first kappa shape index (κ1) is 18.2. The maximum Gasteiger partial charge on any atom is 0.347 e. The summed E-state index contributed by atoms with van der Waals surface area (Å²) < 4.78 is 10.2. The Morgan fingerprint density at radius 1 is 1.14 bits per heavy atom. The fourth-order valence-electron chi connectivity index (χ4n) is 1.74. The fourth-order valence-corrected chi connectivity index (χ4v) is 1.74. The number of carbonyl (C=O) groups excluding carboxylic acids is 2. The molecule has 0 bridgehead atoms. The lowest BCUT2D eigenvalue weighted by Crippen LogP contribution is -2.28. The summed E-state index contributed by atoms with van der Waals surface area (Å²) in [4.78, 5) is 25.5. The third-order valence-corrected chi connectivity index (χ3v) is 3.51. The van der Waals surface area contributed by atoms with Crippen LogP contribution >= 0.6 is 0 Å². The molecule has 1 aromatic rings. The van der Waals surface area contributed by atoms with Crippen molar-refractivity contribution in [2.75, 3.05) is 14.1 Å². The van der Waals surface area contributed by atoms with Gasteiger partial charge in [0.05, 0.1) is 0 Å². The highest BCUT2D eigenvalue weighted by molar-refractivity contribution is 5.79. The first-order valence-electron chi connectivity index (χ1n) is 7.46. The topological polar surface area (TPSA) is 55.8 Å². The van der Waals surface area contributed by atoms with Crippen molar-refractivity contribution in [3.05, 3.63) is 35.9 Å². The Hall–Kier alpha value is -1.88. The number of nitrogens with zero attached hydrogens (tertiary/aromatic N) is 1. The normalized spacial score (nSPS) is 13.5. The van der Waals surface area contributed by atoms with Gasteiger partial charge in [0, 0.05) is 12.5 Å². The van der Waals surface area contributed by atoms with Crippen molar-refractivity contribution in [2.45, 2.75) is 45.4 Å². The fraction of sp³-hybridized carbons (Fsp3) is 0.529. The van der Waals surface area contributed by atoms with Crippen LogP contribution in [0.2, 0.25) is 0 Å². The SMILES string of the molecule is C[C@@H](OC(=O)CC[C@H](C)N(C)C)C(=O)OCc1ccccc1. The predicted molar refractivity (Wildman–Crippen MR) is 84.2 cm³/mol. The van der Waals surface area contributed by atoms with Gasteiger partial charge >= 0.3 is 11.9 Å². The van der Waals surface area contributed by atoms with Crippen LogP contribution in [0.4, 0.5) is 0 Å². The molecule has 0 saturated carbocycles. The summed E-state index contributed by atoms with van der Waals surface area (Å²) in [5.41, 5.74) is 0.897. The van der Waals surface area contributed by atoms with Crippen LogP contribution < -0.4 is 0 Å². The molecule has 22 heavy (non-hydrogen) atoms. The molecule has 122 valence electrons. The highest BCUT2D eigenvalue weighted by Gasteiger charge is 2.19. The van der Waals surface area contributed by atoms with Gasteiger partial charge in [-0.15, -0.1) is 0 Å². The zero-order chi connectivity index (χ0) is 16.5. The lowest BCUT2D eigenvalue weighted by molar-refractivity contribution is -0.167. The van der Waals surface area contributed by atoms with Gasteiger partial charge in [-0.05, 0) is 39.9 Å².